The molecular formula is C26H32FN5. The number of H-pyrrole nitrogens is 1. The average Bonchev–Trinajstić information content (AvgIpc) is 3.24. The highest BCUT2D eigenvalue weighted by Crippen LogP contribution is 2.33. The van der Waals surface area contributed by atoms with Crippen LogP contribution >= 0.6 is 0 Å². The van der Waals surface area contributed by atoms with E-state index in [-0.39, 0.29) is 5.82 Å². The number of aliphatic imine (C=N–C) groups is 1. The number of aromatic amines is 1. The number of nitrogens with two attached hydrogens (primary N) is 1. The van der Waals surface area contributed by atoms with E-state index >= 15 is 0 Å². The van der Waals surface area contributed by atoms with E-state index in [1.165, 1.54) is 16.7 Å². The average molecular weight is 434 g/mol. The lowest BCUT2D eigenvalue weighted by Gasteiger charge is -2.32. The molecule has 1 aromatic heterocycles. The van der Waals surface area contributed by atoms with Crippen molar-refractivity contribution in [1.29, 1.82) is 0 Å². The van der Waals surface area contributed by atoms with Crippen LogP contribution < -0.4 is 5.73 Å². The van der Waals surface area contributed by atoms with E-state index in [0.717, 1.165) is 75.9 Å². The molecule has 3 heterocycles. The molecule has 1 saturated heterocycles. The summed E-state index contributed by atoms with van der Waals surface area (Å²) in [5.74, 6) is 1.03. The van der Waals surface area contributed by atoms with Crippen LogP contribution in [0.1, 0.15) is 41.9 Å². The number of guanidine groups is 1. The maximum absolute atomic E-state index is 13.5. The predicted octanol–water partition coefficient (Wildman–Crippen LogP) is 4.25. The molecule has 5 rings (SSSR count). The van der Waals surface area contributed by atoms with Crippen molar-refractivity contribution >= 4 is 16.9 Å². The van der Waals surface area contributed by atoms with Gasteiger partial charge >= 0.3 is 0 Å². The highest BCUT2D eigenvalue weighted by molar-refractivity contribution is 5.83. The lowest BCUT2D eigenvalue weighted by atomic mass is 9.89. The Hall–Kier alpha value is -2.86. The Bertz CT molecular complexity index is 1100. The molecule has 3 aromatic rings. The summed E-state index contributed by atoms with van der Waals surface area (Å²) in [5, 5.41) is 1.16. The molecule has 0 unspecified atom stereocenters. The van der Waals surface area contributed by atoms with Crippen LogP contribution in [0.5, 0.6) is 0 Å². The highest BCUT2D eigenvalue weighted by Gasteiger charge is 2.23. The lowest BCUT2D eigenvalue weighted by Crippen LogP contribution is -2.41. The summed E-state index contributed by atoms with van der Waals surface area (Å²) < 4.78 is 13.5. The molecule has 1 fully saturated rings. The topological polar surface area (TPSA) is 60.6 Å². The number of nitrogens with one attached hydrogen (secondary N) is 1. The first-order valence-corrected chi connectivity index (χ1v) is 11.8. The van der Waals surface area contributed by atoms with Crippen molar-refractivity contribution in [1.82, 2.24) is 14.8 Å². The van der Waals surface area contributed by atoms with Crippen molar-refractivity contribution in [2.45, 2.75) is 38.1 Å². The standard InChI is InChI=1S/C26H32FN5/c27-22-6-7-23-24(17-30-25(23)16-22)20-8-13-31(14-9-20)12-3-11-29-26(28)32-15-10-19-4-1-2-5-21(19)18-32/h1-2,4-7,16-17,20,30H,3,8-15,18H2,(H2,28,29). The summed E-state index contributed by atoms with van der Waals surface area (Å²) in [7, 11) is 0. The Morgan fingerprint density at radius 2 is 1.91 bits per heavy atom. The van der Waals surface area contributed by atoms with Crippen LogP contribution in [-0.4, -0.2) is 53.5 Å². The molecule has 32 heavy (non-hydrogen) atoms. The second kappa shape index (κ2) is 9.33. The number of piperidine rings is 1. The van der Waals surface area contributed by atoms with E-state index in [2.05, 4.69) is 50.2 Å². The van der Waals surface area contributed by atoms with E-state index in [0.29, 0.717) is 11.9 Å². The number of rotatable bonds is 5. The summed E-state index contributed by atoms with van der Waals surface area (Å²) in [4.78, 5) is 12.6. The van der Waals surface area contributed by atoms with Crippen molar-refractivity contribution in [2.75, 3.05) is 32.7 Å². The number of aromatic nitrogens is 1. The summed E-state index contributed by atoms with van der Waals surface area (Å²) in [6.45, 7) is 5.84. The Balaban J connectivity index is 1.07. The van der Waals surface area contributed by atoms with Crippen LogP contribution in [0.25, 0.3) is 10.9 Å². The van der Waals surface area contributed by atoms with Crippen molar-refractivity contribution in [3.05, 3.63) is 71.2 Å². The Morgan fingerprint density at radius 3 is 2.75 bits per heavy atom. The van der Waals surface area contributed by atoms with Crippen molar-refractivity contribution < 1.29 is 4.39 Å². The van der Waals surface area contributed by atoms with Gasteiger partial charge in [-0.1, -0.05) is 24.3 Å². The number of hydrogen-bond acceptors (Lipinski definition) is 2. The third-order valence-electron chi connectivity index (χ3n) is 7.06. The molecule has 2 aromatic carbocycles. The fourth-order valence-corrected chi connectivity index (χ4v) is 5.21. The van der Waals surface area contributed by atoms with Gasteiger partial charge in [-0.3, -0.25) is 4.99 Å². The largest absolute Gasteiger partial charge is 0.370 e. The zero-order chi connectivity index (χ0) is 21.9. The van der Waals surface area contributed by atoms with Gasteiger partial charge in [0, 0.05) is 36.7 Å². The summed E-state index contributed by atoms with van der Waals surface area (Å²) in [6.07, 6.45) is 6.42. The molecule has 0 atom stereocenters. The molecule has 6 heteroatoms. The van der Waals surface area contributed by atoms with Gasteiger partial charge in [-0.2, -0.15) is 0 Å². The molecule has 5 nitrogen and oxygen atoms in total. The highest BCUT2D eigenvalue weighted by atomic mass is 19.1. The molecule has 2 aliphatic rings. The first kappa shape index (κ1) is 21.0. The van der Waals surface area contributed by atoms with Crippen molar-refractivity contribution in [3.63, 3.8) is 0 Å². The quantitative estimate of drug-likeness (QED) is 0.359. The van der Waals surface area contributed by atoms with E-state index in [4.69, 9.17) is 5.73 Å². The van der Waals surface area contributed by atoms with Gasteiger partial charge in [0.1, 0.15) is 5.82 Å². The number of nitrogens with zero attached hydrogens (tertiary/aromatic N) is 3. The smallest absolute Gasteiger partial charge is 0.191 e. The van der Waals surface area contributed by atoms with Gasteiger partial charge in [-0.05, 0) is 86.1 Å². The van der Waals surface area contributed by atoms with Gasteiger partial charge in [0.15, 0.2) is 5.96 Å². The molecule has 0 spiro atoms. The Labute approximate surface area is 189 Å². The third-order valence-corrected chi connectivity index (χ3v) is 7.06. The zero-order valence-corrected chi connectivity index (χ0v) is 18.6. The van der Waals surface area contributed by atoms with Gasteiger partial charge in [0.05, 0.1) is 0 Å². The lowest BCUT2D eigenvalue weighted by molar-refractivity contribution is 0.211. The Kier molecular flexibility index (Phi) is 6.12. The van der Waals surface area contributed by atoms with Crippen LogP contribution in [0.15, 0.2) is 53.7 Å². The number of benzene rings is 2. The fourth-order valence-electron chi connectivity index (χ4n) is 5.21. The summed E-state index contributed by atoms with van der Waals surface area (Å²) >= 11 is 0. The Morgan fingerprint density at radius 1 is 1.09 bits per heavy atom. The minimum absolute atomic E-state index is 0.186. The summed E-state index contributed by atoms with van der Waals surface area (Å²) in [6, 6.07) is 13.7. The summed E-state index contributed by atoms with van der Waals surface area (Å²) in [5.41, 5.74) is 11.3. The van der Waals surface area contributed by atoms with Crippen LogP contribution in [-0.2, 0) is 13.0 Å². The van der Waals surface area contributed by atoms with Crippen molar-refractivity contribution in [2.24, 2.45) is 10.7 Å². The second-order valence-corrected chi connectivity index (χ2v) is 9.08. The molecule has 0 amide bonds. The van der Waals surface area contributed by atoms with E-state index in [1.807, 2.05) is 6.07 Å². The van der Waals surface area contributed by atoms with Gasteiger partial charge < -0.3 is 20.5 Å². The SMILES string of the molecule is NC(=NCCCN1CCC(c2c[nH]c3cc(F)ccc23)CC1)N1CCc2ccccc2C1. The molecule has 3 N–H and O–H groups in total. The van der Waals surface area contributed by atoms with Gasteiger partial charge in [-0.15, -0.1) is 0 Å². The monoisotopic (exact) mass is 433 g/mol. The van der Waals surface area contributed by atoms with Crippen molar-refractivity contribution in [3.8, 4) is 0 Å². The molecular weight excluding hydrogens is 401 g/mol. The van der Waals surface area contributed by atoms with Gasteiger partial charge in [0.2, 0.25) is 0 Å². The van der Waals surface area contributed by atoms with E-state index in [1.54, 1.807) is 12.1 Å². The third kappa shape index (κ3) is 4.51. The molecule has 0 aliphatic carbocycles. The second-order valence-electron chi connectivity index (χ2n) is 9.08. The molecule has 0 radical (unpaired) electrons. The minimum Gasteiger partial charge on any atom is -0.370 e. The van der Waals surface area contributed by atoms with E-state index < -0.39 is 0 Å². The van der Waals surface area contributed by atoms with Crippen LogP contribution in [0, 0.1) is 5.82 Å². The first-order chi connectivity index (χ1) is 15.7. The number of halogens is 1. The van der Waals surface area contributed by atoms with Gasteiger partial charge in [-0.25, -0.2) is 4.39 Å². The zero-order valence-electron chi connectivity index (χ0n) is 18.6. The predicted molar refractivity (Wildman–Crippen MR) is 128 cm³/mol. The number of likely N-dealkylation sites (tertiary alicyclic amines) is 1. The van der Waals surface area contributed by atoms with E-state index in [9.17, 15) is 4.39 Å². The number of fused-ring (bicyclic) bond motifs is 2. The molecule has 2 aliphatic heterocycles. The molecule has 0 bridgehead atoms. The molecule has 0 saturated carbocycles. The normalized spacial score (nSPS) is 18.3. The number of hydrogen-bond donors (Lipinski definition) is 2. The van der Waals surface area contributed by atoms with Crippen LogP contribution in [0.4, 0.5) is 4.39 Å². The fraction of sp³-hybridized carbons (Fsp3) is 0.423. The molecule has 168 valence electrons. The minimum atomic E-state index is -0.186. The maximum Gasteiger partial charge on any atom is 0.191 e. The van der Waals surface area contributed by atoms with Gasteiger partial charge in [0.25, 0.3) is 0 Å². The van der Waals surface area contributed by atoms with Crippen LogP contribution in [0.3, 0.4) is 0 Å². The first-order valence-electron chi connectivity index (χ1n) is 11.8. The van der Waals surface area contributed by atoms with Crippen LogP contribution in [0.2, 0.25) is 0 Å². The maximum atomic E-state index is 13.5.